The average molecular weight is 283 g/mol. The Morgan fingerprint density at radius 1 is 1.20 bits per heavy atom. The highest BCUT2D eigenvalue weighted by Crippen LogP contribution is 2.17. The maximum absolute atomic E-state index is 12.2. The van der Waals surface area contributed by atoms with Gasteiger partial charge in [-0.25, -0.2) is 4.79 Å². The number of carbonyl (C=O) groups is 2. The standard InChI is InChI=1S/C14H25N3O3/c1-3-20-14(19)17-9-6-11(7-10-17)15-13(18)12-5-4-8-16(12)2/h11-12H,3-10H2,1-2H3,(H,15,18). The minimum atomic E-state index is -0.243. The van der Waals surface area contributed by atoms with Gasteiger partial charge in [0.1, 0.15) is 0 Å². The van der Waals surface area contributed by atoms with Crippen molar-refractivity contribution in [3.05, 3.63) is 0 Å². The molecule has 6 nitrogen and oxygen atoms in total. The van der Waals surface area contributed by atoms with E-state index in [0.29, 0.717) is 19.7 Å². The Hall–Kier alpha value is -1.30. The van der Waals surface area contributed by atoms with E-state index in [9.17, 15) is 9.59 Å². The van der Waals surface area contributed by atoms with Crippen LogP contribution in [0.15, 0.2) is 0 Å². The zero-order valence-electron chi connectivity index (χ0n) is 12.4. The van der Waals surface area contributed by atoms with Crippen LogP contribution in [-0.4, -0.2) is 67.2 Å². The van der Waals surface area contributed by atoms with Gasteiger partial charge in [0.25, 0.3) is 0 Å². The third kappa shape index (κ3) is 3.62. The molecule has 0 aromatic carbocycles. The van der Waals surface area contributed by atoms with E-state index in [0.717, 1.165) is 32.2 Å². The van der Waals surface area contributed by atoms with Crippen LogP contribution in [0, 0.1) is 0 Å². The fraction of sp³-hybridized carbons (Fsp3) is 0.857. The number of nitrogens with zero attached hydrogens (tertiary/aromatic N) is 2. The number of piperidine rings is 1. The smallest absolute Gasteiger partial charge is 0.409 e. The number of likely N-dealkylation sites (N-methyl/N-ethyl adjacent to an activating group) is 1. The van der Waals surface area contributed by atoms with Crippen LogP contribution in [0.2, 0.25) is 0 Å². The molecule has 0 aromatic heterocycles. The third-order valence-corrected chi connectivity index (χ3v) is 4.19. The van der Waals surface area contributed by atoms with Crippen molar-refractivity contribution in [2.45, 2.75) is 44.7 Å². The van der Waals surface area contributed by atoms with Crippen molar-refractivity contribution >= 4 is 12.0 Å². The van der Waals surface area contributed by atoms with Crippen molar-refractivity contribution < 1.29 is 14.3 Å². The molecule has 2 amide bonds. The van der Waals surface area contributed by atoms with Gasteiger partial charge >= 0.3 is 6.09 Å². The van der Waals surface area contributed by atoms with E-state index < -0.39 is 0 Å². The molecule has 2 aliphatic heterocycles. The van der Waals surface area contributed by atoms with Crippen molar-refractivity contribution in [1.82, 2.24) is 15.1 Å². The first-order valence-corrected chi connectivity index (χ1v) is 7.54. The number of rotatable bonds is 3. The lowest BCUT2D eigenvalue weighted by molar-refractivity contribution is -0.126. The summed E-state index contributed by atoms with van der Waals surface area (Å²) < 4.78 is 4.99. The van der Waals surface area contributed by atoms with Crippen molar-refractivity contribution in [2.24, 2.45) is 0 Å². The van der Waals surface area contributed by atoms with Crippen molar-refractivity contribution in [1.29, 1.82) is 0 Å². The predicted octanol–water partition coefficient (Wildman–Crippen LogP) is 0.818. The monoisotopic (exact) mass is 283 g/mol. The fourth-order valence-corrected chi connectivity index (χ4v) is 2.96. The number of amides is 2. The van der Waals surface area contributed by atoms with Gasteiger partial charge in [-0.1, -0.05) is 0 Å². The summed E-state index contributed by atoms with van der Waals surface area (Å²) in [7, 11) is 2.00. The van der Waals surface area contributed by atoms with E-state index in [-0.39, 0.29) is 24.1 Å². The molecule has 2 fully saturated rings. The average Bonchev–Trinajstić information content (AvgIpc) is 2.86. The predicted molar refractivity (Wildman–Crippen MR) is 75.4 cm³/mol. The zero-order chi connectivity index (χ0) is 14.5. The van der Waals surface area contributed by atoms with Gasteiger partial charge in [0.15, 0.2) is 0 Å². The second-order valence-electron chi connectivity index (χ2n) is 5.61. The lowest BCUT2D eigenvalue weighted by Gasteiger charge is -2.32. The first kappa shape index (κ1) is 15.1. The minimum Gasteiger partial charge on any atom is -0.450 e. The topological polar surface area (TPSA) is 61.9 Å². The van der Waals surface area contributed by atoms with E-state index in [2.05, 4.69) is 10.2 Å². The number of nitrogens with one attached hydrogen (secondary N) is 1. The molecule has 1 unspecified atom stereocenters. The molecule has 0 radical (unpaired) electrons. The van der Waals surface area contributed by atoms with Crippen molar-refractivity contribution in [3.8, 4) is 0 Å². The molecule has 0 spiro atoms. The number of carbonyl (C=O) groups excluding carboxylic acids is 2. The molecular formula is C14H25N3O3. The molecule has 114 valence electrons. The van der Waals surface area contributed by atoms with Gasteiger partial charge in [-0.3, -0.25) is 9.69 Å². The highest BCUT2D eigenvalue weighted by Gasteiger charge is 2.30. The first-order valence-electron chi connectivity index (χ1n) is 7.54. The van der Waals surface area contributed by atoms with Crippen LogP contribution in [-0.2, 0) is 9.53 Å². The van der Waals surface area contributed by atoms with E-state index in [1.807, 2.05) is 14.0 Å². The van der Waals surface area contributed by atoms with Crippen LogP contribution in [0.1, 0.15) is 32.6 Å². The third-order valence-electron chi connectivity index (χ3n) is 4.19. The Bertz CT molecular complexity index is 354. The highest BCUT2D eigenvalue weighted by atomic mass is 16.6. The van der Waals surface area contributed by atoms with Crippen LogP contribution in [0.4, 0.5) is 4.79 Å². The molecule has 2 aliphatic rings. The Labute approximate surface area is 120 Å². The molecule has 0 saturated carbocycles. The number of hydrogen-bond acceptors (Lipinski definition) is 4. The second kappa shape index (κ2) is 6.92. The van der Waals surface area contributed by atoms with Gasteiger partial charge in [0, 0.05) is 19.1 Å². The Morgan fingerprint density at radius 2 is 1.90 bits per heavy atom. The molecule has 0 bridgehead atoms. The highest BCUT2D eigenvalue weighted by molar-refractivity contribution is 5.82. The van der Waals surface area contributed by atoms with E-state index in [1.54, 1.807) is 4.90 Å². The normalized spacial score (nSPS) is 24.7. The van der Waals surface area contributed by atoms with Crippen molar-refractivity contribution in [2.75, 3.05) is 33.3 Å². The number of ether oxygens (including phenoxy) is 1. The van der Waals surface area contributed by atoms with E-state index in [4.69, 9.17) is 4.74 Å². The summed E-state index contributed by atoms with van der Waals surface area (Å²) in [5.41, 5.74) is 0. The molecule has 6 heteroatoms. The maximum Gasteiger partial charge on any atom is 0.409 e. The molecule has 2 rings (SSSR count). The van der Waals surface area contributed by atoms with Gasteiger partial charge in [-0.15, -0.1) is 0 Å². The Kier molecular flexibility index (Phi) is 5.23. The molecule has 20 heavy (non-hydrogen) atoms. The summed E-state index contributed by atoms with van der Waals surface area (Å²) in [5, 5.41) is 3.12. The summed E-state index contributed by atoms with van der Waals surface area (Å²) in [6, 6.07) is 0.209. The first-order chi connectivity index (χ1) is 9.61. The van der Waals surface area contributed by atoms with E-state index in [1.165, 1.54) is 0 Å². The van der Waals surface area contributed by atoms with Crippen LogP contribution in [0.3, 0.4) is 0 Å². The second-order valence-corrected chi connectivity index (χ2v) is 5.61. The van der Waals surface area contributed by atoms with Crippen LogP contribution < -0.4 is 5.32 Å². The molecular weight excluding hydrogens is 258 g/mol. The number of likely N-dealkylation sites (tertiary alicyclic amines) is 2. The maximum atomic E-state index is 12.2. The fourth-order valence-electron chi connectivity index (χ4n) is 2.96. The summed E-state index contributed by atoms with van der Waals surface area (Å²) in [4.78, 5) is 27.6. The summed E-state index contributed by atoms with van der Waals surface area (Å²) >= 11 is 0. The van der Waals surface area contributed by atoms with Gasteiger partial charge in [-0.2, -0.15) is 0 Å². The van der Waals surface area contributed by atoms with Gasteiger partial charge < -0.3 is 15.0 Å². The molecule has 2 heterocycles. The van der Waals surface area contributed by atoms with Crippen LogP contribution in [0.25, 0.3) is 0 Å². The van der Waals surface area contributed by atoms with Gasteiger partial charge in [-0.05, 0) is 46.2 Å². The summed E-state index contributed by atoms with van der Waals surface area (Å²) in [6.45, 7) is 4.53. The molecule has 2 saturated heterocycles. The Balaban J connectivity index is 1.74. The largest absolute Gasteiger partial charge is 0.450 e. The lowest BCUT2D eigenvalue weighted by Crippen LogP contribution is -2.50. The van der Waals surface area contributed by atoms with Crippen molar-refractivity contribution in [3.63, 3.8) is 0 Å². The molecule has 0 aliphatic carbocycles. The summed E-state index contributed by atoms with van der Waals surface area (Å²) in [5.74, 6) is 0.139. The summed E-state index contributed by atoms with van der Waals surface area (Å²) in [6.07, 6.45) is 3.41. The minimum absolute atomic E-state index is 0.0260. The van der Waals surface area contributed by atoms with Gasteiger partial charge in [0.05, 0.1) is 12.6 Å². The van der Waals surface area contributed by atoms with Crippen LogP contribution >= 0.6 is 0 Å². The van der Waals surface area contributed by atoms with Gasteiger partial charge in [0.2, 0.25) is 5.91 Å². The number of hydrogen-bond donors (Lipinski definition) is 1. The molecule has 0 aromatic rings. The van der Waals surface area contributed by atoms with Crippen LogP contribution in [0.5, 0.6) is 0 Å². The lowest BCUT2D eigenvalue weighted by atomic mass is 10.0. The zero-order valence-corrected chi connectivity index (χ0v) is 12.4. The molecule has 1 N–H and O–H groups in total. The van der Waals surface area contributed by atoms with E-state index >= 15 is 0 Å². The SMILES string of the molecule is CCOC(=O)N1CCC(NC(=O)C2CCCN2C)CC1. The quantitative estimate of drug-likeness (QED) is 0.833. The Morgan fingerprint density at radius 3 is 2.45 bits per heavy atom. The molecule has 1 atom stereocenters.